The number of carboxylic acids is 2. The number of aromatic amines is 2. The van der Waals surface area contributed by atoms with E-state index in [4.69, 9.17) is 9.47 Å². The van der Waals surface area contributed by atoms with Crippen LogP contribution in [0.4, 0.5) is 0 Å². The van der Waals surface area contributed by atoms with Crippen molar-refractivity contribution in [3.8, 4) is 11.5 Å². The number of ether oxygens (including phenoxy) is 2. The molecule has 0 unspecified atom stereocenters. The molecule has 10 rings (SSSR count). The summed E-state index contributed by atoms with van der Waals surface area (Å²) in [7, 11) is 0. The van der Waals surface area contributed by atoms with Gasteiger partial charge < -0.3 is 29.7 Å². The van der Waals surface area contributed by atoms with Crippen LogP contribution in [-0.4, -0.2) is 42.1 Å². The maximum absolute atomic E-state index is 12.9. The number of nitrogens with one attached hydrogen (secondary N) is 2. The number of carbonyl (C=O) groups is 2. The van der Waals surface area contributed by atoms with E-state index >= 15 is 0 Å². The van der Waals surface area contributed by atoms with Crippen LogP contribution in [0, 0.1) is 0 Å². The molecule has 0 saturated heterocycles. The molecule has 2 aliphatic rings. The first-order valence-corrected chi connectivity index (χ1v) is 23.1. The minimum Gasteiger partial charge on any atom is -0.481 e. The fourth-order valence-electron chi connectivity index (χ4n) is 10.1. The lowest BCUT2D eigenvalue weighted by molar-refractivity contribution is 0.0672. The van der Waals surface area contributed by atoms with Crippen LogP contribution < -0.4 is 20.6 Å². The number of rotatable bonds is 14. The van der Waals surface area contributed by atoms with Gasteiger partial charge in [0.2, 0.25) is 11.5 Å². The minimum absolute atomic E-state index is 0.0895. The summed E-state index contributed by atoms with van der Waals surface area (Å²) in [5.41, 5.74) is 1.87. The van der Waals surface area contributed by atoms with Crippen molar-refractivity contribution in [2.45, 2.75) is 88.3 Å². The molecule has 8 aromatic rings. The van der Waals surface area contributed by atoms with Gasteiger partial charge >= 0.3 is 11.9 Å². The molecule has 344 valence electrons. The van der Waals surface area contributed by atoms with Gasteiger partial charge in [-0.1, -0.05) is 171 Å². The van der Waals surface area contributed by atoms with Crippen molar-refractivity contribution in [1.29, 1.82) is 0 Å². The van der Waals surface area contributed by atoms with E-state index in [1.54, 1.807) is 0 Å². The summed E-state index contributed by atoms with van der Waals surface area (Å²) in [6.07, 6.45) is 9.13. The van der Waals surface area contributed by atoms with Crippen LogP contribution in [0.3, 0.4) is 0 Å². The number of H-pyrrole nitrogens is 2. The quantitative estimate of drug-likeness (QED) is 0.0819. The lowest BCUT2D eigenvalue weighted by Gasteiger charge is -2.30. The Kier molecular flexibility index (Phi) is 13.3. The zero-order chi connectivity index (χ0) is 47.1. The lowest BCUT2D eigenvalue weighted by Crippen LogP contribution is -2.29. The highest BCUT2D eigenvalue weighted by Crippen LogP contribution is 2.45. The SMILES string of the molecule is O=C(O)c1nc(CC2(c3ccc4ccccc4c3)CCCC2)[nH]c(=O)c1OCc1ccccc1.O=C(O)c1nc(CC2(c3ccc4ccccc4c3)CCCC2)[nH]c(=O)c1OCc1ccccc1. The molecule has 4 N–H and O–H groups in total. The Labute approximate surface area is 392 Å². The molecule has 12 nitrogen and oxygen atoms in total. The van der Waals surface area contributed by atoms with Crippen LogP contribution in [-0.2, 0) is 36.9 Å². The van der Waals surface area contributed by atoms with Crippen molar-refractivity contribution in [3.05, 3.63) is 212 Å². The fraction of sp³-hybridized carbons (Fsp3) is 0.250. The number of carboxylic acid groups (broad SMARTS) is 2. The third-order valence-electron chi connectivity index (χ3n) is 13.6. The smallest absolute Gasteiger partial charge is 0.358 e. The normalized spacial score (nSPS) is 14.8. The first-order valence-electron chi connectivity index (χ1n) is 23.1. The van der Waals surface area contributed by atoms with E-state index in [1.807, 2.05) is 84.9 Å². The molecule has 6 aromatic carbocycles. The molecule has 0 radical (unpaired) electrons. The number of hydrogen-bond acceptors (Lipinski definition) is 8. The lowest BCUT2D eigenvalue weighted by atomic mass is 9.75. The van der Waals surface area contributed by atoms with Crippen LogP contribution >= 0.6 is 0 Å². The number of aromatic carboxylic acids is 2. The van der Waals surface area contributed by atoms with Gasteiger partial charge in [-0.2, -0.15) is 0 Å². The number of nitrogens with zero attached hydrogens (tertiary/aromatic N) is 2. The Morgan fingerprint density at radius 1 is 0.485 bits per heavy atom. The number of benzene rings is 6. The van der Waals surface area contributed by atoms with E-state index in [1.165, 1.54) is 32.7 Å². The molecule has 2 aliphatic carbocycles. The predicted molar refractivity (Wildman–Crippen MR) is 261 cm³/mol. The molecule has 68 heavy (non-hydrogen) atoms. The van der Waals surface area contributed by atoms with Gasteiger partial charge in [0, 0.05) is 23.7 Å². The van der Waals surface area contributed by atoms with Crippen molar-refractivity contribution in [2.75, 3.05) is 0 Å². The van der Waals surface area contributed by atoms with Gasteiger partial charge in [0.25, 0.3) is 11.1 Å². The molecule has 2 saturated carbocycles. The summed E-state index contributed by atoms with van der Waals surface area (Å²) in [6.45, 7) is 0.179. The van der Waals surface area contributed by atoms with Crippen LogP contribution in [0.2, 0.25) is 0 Å². The standard InChI is InChI=1S/2C28H26N2O4/c2*31-26-25(34-18-19-8-2-1-3-9-19)24(27(32)33)29-23(30-26)17-28(14-6-7-15-28)22-13-12-20-10-4-5-11-21(20)16-22/h2*1-5,8-13,16H,6-7,14-15,17-18H2,(H,32,33)(H,29,30,31). The molecule has 12 heteroatoms. The third kappa shape index (κ3) is 9.95. The van der Waals surface area contributed by atoms with Gasteiger partial charge in [-0.3, -0.25) is 9.59 Å². The Morgan fingerprint density at radius 2 is 0.838 bits per heavy atom. The second kappa shape index (κ2) is 19.9. The maximum atomic E-state index is 12.9. The Morgan fingerprint density at radius 3 is 1.21 bits per heavy atom. The summed E-state index contributed by atoms with van der Waals surface area (Å²) in [6, 6.07) is 48.1. The molecule has 2 aromatic heterocycles. The second-order valence-corrected chi connectivity index (χ2v) is 18.0. The van der Waals surface area contributed by atoms with Gasteiger partial charge in [0.15, 0.2) is 11.4 Å². The van der Waals surface area contributed by atoms with E-state index < -0.39 is 23.1 Å². The zero-order valence-electron chi connectivity index (χ0n) is 37.6. The summed E-state index contributed by atoms with van der Waals surface area (Å²) >= 11 is 0. The third-order valence-corrected chi connectivity index (χ3v) is 13.6. The molecular formula is C56H52N4O8. The highest BCUT2D eigenvalue weighted by Gasteiger charge is 2.39. The maximum Gasteiger partial charge on any atom is 0.358 e. The summed E-state index contributed by atoms with van der Waals surface area (Å²) in [5.74, 6) is -2.31. The predicted octanol–water partition coefficient (Wildman–Crippen LogP) is 10.5. The van der Waals surface area contributed by atoms with Crippen molar-refractivity contribution >= 4 is 33.5 Å². The van der Waals surface area contributed by atoms with Gasteiger partial charge in [-0.15, -0.1) is 0 Å². The molecule has 0 atom stereocenters. The first-order chi connectivity index (χ1) is 33.1. The summed E-state index contributed by atoms with van der Waals surface area (Å²) in [4.78, 5) is 64.1. The average molecular weight is 909 g/mol. The highest BCUT2D eigenvalue weighted by atomic mass is 16.5. The molecule has 0 aliphatic heterocycles. The molecule has 2 heterocycles. The number of fused-ring (bicyclic) bond motifs is 2. The van der Waals surface area contributed by atoms with Crippen LogP contribution in [0.1, 0.15) is 106 Å². The molecule has 0 spiro atoms. The second-order valence-electron chi connectivity index (χ2n) is 18.0. The Hall–Kier alpha value is -7.86. The molecular weight excluding hydrogens is 857 g/mol. The summed E-state index contributed by atoms with van der Waals surface area (Å²) in [5, 5.41) is 24.3. The van der Waals surface area contributed by atoms with Crippen molar-refractivity contribution in [2.24, 2.45) is 0 Å². The van der Waals surface area contributed by atoms with Gasteiger partial charge in [0.1, 0.15) is 24.9 Å². The molecule has 2 fully saturated rings. The van der Waals surface area contributed by atoms with Crippen LogP contribution in [0.5, 0.6) is 11.5 Å². The highest BCUT2D eigenvalue weighted by molar-refractivity contribution is 5.89. The Bertz CT molecular complexity index is 2990. The topological polar surface area (TPSA) is 185 Å². The number of aromatic nitrogens is 4. The largest absolute Gasteiger partial charge is 0.481 e. The van der Waals surface area contributed by atoms with E-state index in [-0.39, 0.29) is 46.9 Å². The van der Waals surface area contributed by atoms with Gasteiger partial charge in [-0.25, -0.2) is 19.6 Å². The Balaban J connectivity index is 0.000000170. The van der Waals surface area contributed by atoms with Crippen LogP contribution in [0.25, 0.3) is 21.5 Å². The van der Waals surface area contributed by atoms with Crippen molar-refractivity contribution < 1.29 is 29.3 Å². The van der Waals surface area contributed by atoms with Crippen molar-refractivity contribution in [1.82, 2.24) is 19.9 Å². The van der Waals surface area contributed by atoms with Crippen molar-refractivity contribution in [3.63, 3.8) is 0 Å². The van der Waals surface area contributed by atoms with E-state index in [0.29, 0.717) is 24.5 Å². The minimum atomic E-state index is -1.28. The molecule has 0 bridgehead atoms. The van der Waals surface area contributed by atoms with Gasteiger partial charge in [0.05, 0.1) is 0 Å². The summed E-state index contributed by atoms with van der Waals surface area (Å²) < 4.78 is 11.2. The van der Waals surface area contributed by atoms with Gasteiger partial charge in [-0.05, 0) is 69.5 Å². The monoisotopic (exact) mass is 908 g/mol. The zero-order valence-corrected chi connectivity index (χ0v) is 37.6. The van der Waals surface area contributed by atoms with E-state index in [2.05, 4.69) is 80.6 Å². The van der Waals surface area contributed by atoms with Crippen LogP contribution in [0.15, 0.2) is 155 Å². The fourth-order valence-corrected chi connectivity index (χ4v) is 10.1. The first kappa shape index (κ1) is 45.3. The molecule has 0 amide bonds. The average Bonchev–Trinajstić information content (AvgIpc) is 4.05. The van der Waals surface area contributed by atoms with E-state index in [0.717, 1.165) is 62.5 Å². The number of hydrogen-bond donors (Lipinski definition) is 4. The van der Waals surface area contributed by atoms with E-state index in [9.17, 15) is 29.4 Å².